The van der Waals surface area contributed by atoms with Gasteiger partial charge in [-0.25, -0.2) is 0 Å². The average Bonchev–Trinajstić information content (AvgIpc) is 2.71. The lowest BCUT2D eigenvalue weighted by Gasteiger charge is -2.53. The third-order valence-corrected chi connectivity index (χ3v) is 7.90. The van der Waals surface area contributed by atoms with Crippen LogP contribution < -0.4 is 0 Å². The van der Waals surface area contributed by atoms with E-state index in [0.717, 1.165) is 18.4 Å². The number of ether oxygens (including phenoxy) is 1. The minimum atomic E-state index is -0.895. The predicted octanol–water partition coefficient (Wildman–Crippen LogP) is 4.65. The molecule has 0 bridgehead atoms. The molecule has 1 fully saturated rings. The first-order valence-corrected chi connectivity index (χ1v) is 11.9. The van der Waals surface area contributed by atoms with Gasteiger partial charge in [0.2, 0.25) is 5.91 Å². The zero-order chi connectivity index (χ0) is 23.6. The van der Waals surface area contributed by atoms with Crippen LogP contribution in [0, 0.1) is 30.6 Å². The van der Waals surface area contributed by atoms with E-state index in [1.165, 1.54) is 18.1 Å². The van der Waals surface area contributed by atoms with Crippen LogP contribution in [0.15, 0.2) is 35.9 Å². The Morgan fingerprint density at radius 1 is 1.22 bits per heavy atom. The molecule has 1 aromatic carbocycles. The number of aryl methyl sites for hydroxylation is 1. The summed E-state index contributed by atoms with van der Waals surface area (Å²) in [6.45, 7) is 12.7. The summed E-state index contributed by atoms with van der Waals surface area (Å²) in [5, 5.41) is 11.8. The molecule has 2 aliphatic rings. The minimum absolute atomic E-state index is 0.000303. The van der Waals surface area contributed by atoms with Crippen LogP contribution in [0.5, 0.6) is 0 Å². The Labute approximate surface area is 192 Å². The molecule has 0 aromatic heterocycles. The summed E-state index contributed by atoms with van der Waals surface area (Å²) in [6.07, 6.45) is 4.18. The normalized spacial score (nSPS) is 30.7. The van der Waals surface area contributed by atoms with Crippen LogP contribution in [0.2, 0.25) is 0 Å². The molecule has 6 atom stereocenters. The molecule has 1 aromatic rings. The van der Waals surface area contributed by atoms with Gasteiger partial charge in [0, 0.05) is 39.3 Å². The number of esters is 1. The summed E-state index contributed by atoms with van der Waals surface area (Å²) < 4.78 is 5.52. The monoisotopic (exact) mass is 441 g/mol. The quantitative estimate of drug-likeness (QED) is 0.515. The van der Waals surface area contributed by atoms with Gasteiger partial charge in [-0.3, -0.25) is 9.59 Å². The zero-order valence-electron chi connectivity index (χ0n) is 20.4. The highest BCUT2D eigenvalue weighted by atomic mass is 16.5. The maximum Gasteiger partial charge on any atom is 0.303 e. The molecule has 176 valence electrons. The Morgan fingerprint density at radius 2 is 1.91 bits per heavy atom. The fraction of sp³-hybridized carbons (Fsp3) is 0.630. The second-order valence-corrected chi connectivity index (χ2v) is 10.2. The molecule has 1 N–H and O–H groups in total. The molecule has 5 nitrogen and oxygen atoms in total. The van der Waals surface area contributed by atoms with Gasteiger partial charge in [-0.15, -0.1) is 0 Å². The number of carbonyl (C=O) groups is 2. The first-order valence-electron chi connectivity index (χ1n) is 11.9. The molecule has 32 heavy (non-hydrogen) atoms. The van der Waals surface area contributed by atoms with Crippen molar-refractivity contribution in [2.24, 2.45) is 23.7 Å². The van der Waals surface area contributed by atoms with E-state index in [1.54, 1.807) is 6.92 Å². The van der Waals surface area contributed by atoms with Crippen molar-refractivity contribution in [3.63, 3.8) is 0 Å². The lowest BCUT2D eigenvalue weighted by atomic mass is 9.57. The lowest BCUT2D eigenvalue weighted by molar-refractivity contribution is -0.159. The summed E-state index contributed by atoms with van der Waals surface area (Å²) in [5.41, 5.74) is 2.48. The van der Waals surface area contributed by atoms with Crippen LogP contribution in [0.25, 0.3) is 0 Å². The van der Waals surface area contributed by atoms with Gasteiger partial charge in [0.1, 0.15) is 6.10 Å². The molecule has 0 heterocycles. The predicted molar refractivity (Wildman–Crippen MR) is 126 cm³/mol. The standard InChI is InChI=1S/C27H39NO4/c1-17-9-7-8-10-23(17)16-28(21(5)29)15-19(3)24-12-11-20(4)27(31)14-26(32-22(6)30)18(2)13-25(24)27/h7-10,13,19-20,24-26,31H,11-12,14-16H2,1-6H3/t19-,20-,24+,25-,26-,27-/m1/s1. The molecule has 1 saturated carbocycles. The highest BCUT2D eigenvalue weighted by Gasteiger charge is 2.52. The Balaban J connectivity index is 1.81. The third-order valence-electron chi connectivity index (χ3n) is 7.90. The van der Waals surface area contributed by atoms with E-state index >= 15 is 0 Å². The lowest BCUT2D eigenvalue weighted by Crippen LogP contribution is -2.56. The van der Waals surface area contributed by atoms with E-state index in [-0.39, 0.29) is 41.7 Å². The molecule has 0 aliphatic heterocycles. The number of nitrogens with zero attached hydrogens (tertiary/aromatic N) is 1. The molecule has 0 radical (unpaired) electrons. The SMILES string of the molecule is CC(=O)O[C@@H]1C[C@@]2(O)[C@H](C)CC[C@@H]([C@H](C)CN(Cc3ccccc3C)C(C)=O)[C@H]2C=C1C. The Morgan fingerprint density at radius 3 is 2.53 bits per heavy atom. The first kappa shape index (κ1) is 24.5. The summed E-state index contributed by atoms with van der Waals surface area (Å²) in [6, 6.07) is 8.19. The van der Waals surface area contributed by atoms with Crippen molar-refractivity contribution in [2.45, 2.75) is 79.1 Å². The van der Waals surface area contributed by atoms with Crippen LogP contribution in [-0.2, 0) is 20.9 Å². The zero-order valence-corrected chi connectivity index (χ0v) is 20.4. The largest absolute Gasteiger partial charge is 0.458 e. The summed E-state index contributed by atoms with van der Waals surface area (Å²) in [7, 11) is 0. The molecule has 5 heteroatoms. The van der Waals surface area contributed by atoms with Crippen LogP contribution in [0.4, 0.5) is 0 Å². The number of hydrogen-bond acceptors (Lipinski definition) is 4. The maximum atomic E-state index is 12.5. The van der Waals surface area contributed by atoms with E-state index in [1.807, 2.05) is 24.0 Å². The Hall–Kier alpha value is -2.14. The smallest absolute Gasteiger partial charge is 0.303 e. The van der Waals surface area contributed by atoms with Crippen molar-refractivity contribution in [1.82, 2.24) is 4.90 Å². The van der Waals surface area contributed by atoms with E-state index in [4.69, 9.17) is 4.74 Å². The van der Waals surface area contributed by atoms with Gasteiger partial charge in [-0.1, -0.05) is 44.2 Å². The molecule has 0 unspecified atom stereocenters. The highest BCUT2D eigenvalue weighted by molar-refractivity contribution is 5.73. The van der Waals surface area contributed by atoms with Gasteiger partial charge in [0.05, 0.1) is 5.60 Å². The van der Waals surface area contributed by atoms with Crippen molar-refractivity contribution >= 4 is 11.9 Å². The number of hydrogen-bond donors (Lipinski definition) is 1. The third kappa shape index (κ3) is 5.09. The Bertz CT molecular complexity index is 878. The van der Waals surface area contributed by atoms with E-state index < -0.39 is 5.60 Å². The van der Waals surface area contributed by atoms with Gasteiger partial charge in [0.25, 0.3) is 0 Å². The van der Waals surface area contributed by atoms with Crippen LogP contribution in [0.3, 0.4) is 0 Å². The number of aliphatic hydroxyl groups is 1. The van der Waals surface area contributed by atoms with Gasteiger partial charge in [0.15, 0.2) is 0 Å². The van der Waals surface area contributed by atoms with Gasteiger partial charge < -0.3 is 14.7 Å². The number of benzene rings is 1. The van der Waals surface area contributed by atoms with E-state index in [9.17, 15) is 14.7 Å². The van der Waals surface area contributed by atoms with E-state index in [0.29, 0.717) is 19.5 Å². The first-order chi connectivity index (χ1) is 15.0. The van der Waals surface area contributed by atoms with Crippen molar-refractivity contribution in [1.29, 1.82) is 0 Å². The highest BCUT2D eigenvalue weighted by Crippen LogP contribution is 2.51. The van der Waals surface area contributed by atoms with Crippen molar-refractivity contribution in [3.8, 4) is 0 Å². The summed E-state index contributed by atoms with van der Waals surface area (Å²) in [4.78, 5) is 26.0. The molecular formula is C27H39NO4. The van der Waals surface area contributed by atoms with Gasteiger partial charge in [-0.2, -0.15) is 0 Å². The summed E-state index contributed by atoms with van der Waals surface area (Å²) >= 11 is 0. The number of amides is 1. The second kappa shape index (κ2) is 9.78. The average molecular weight is 442 g/mol. The number of fused-ring (bicyclic) bond motifs is 1. The fourth-order valence-corrected chi connectivity index (χ4v) is 5.78. The van der Waals surface area contributed by atoms with Crippen LogP contribution >= 0.6 is 0 Å². The molecule has 2 aliphatic carbocycles. The minimum Gasteiger partial charge on any atom is -0.458 e. The number of rotatable bonds is 6. The van der Waals surface area contributed by atoms with Crippen molar-refractivity contribution < 1.29 is 19.4 Å². The van der Waals surface area contributed by atoms with Crippen LogP contribution in [0.1, 0.15) is 65.0 Å². The van der Waals surface area contributed by atoms with Gasteiger partial charge >= 0.3 is 5.97 Å². The van der Waals surface area contributed by atoms with Crippen LogP contribution in [-0.4, -0.2) is 40.1 Å². The molecule has 0 saturated heterocycles. The topological polar surface area (TPSA) is 66.8 Å². The van der Waals surface area contributed by atoms with Gasteiger partial charge in [-0.05, 0) is 61.1 Å². The second-order valence-electron chi connectivity index (χ2n) is 10.2. The van der Waals surface area contributed by atoms with Crippen molar-refractivity contribution in [3.05, 3.63) is 47.0 Å². The van der Waals surface area contributed by atoms with Crippen molar-refractivity contribution in [2.75, 3.05) is 6.54 Å². The van der Waals surface area contributed by atoms with E-state index in [2.05, 4.69) is 39.0 Å². The fourth-order valence-electron chi connectivity index (χ4n) is 5.78. The molecular weight excluding hydrogens is 402 g/mol. The molecule has 0 spiro atoms. The summed E-state index contributed by atoms with van der Waals surface area (Å²) in [5.74, 6) is 0.398. The Kier molecular flexibility index (Phi) is 7.49. The molecule has 1 amide bonds. The molecule has 3 rings (SSSR count). The maximum absolute atomic E-state index is 12.5. The number of carbonyl (C=O) groups excluding carboxylic acids is 2.